The van der Waals surface area contributed by atoms with Crippen LogP contribution in [0.4, 0.5) is 0 Å². The third kappa shape index (κ3) is 3.32. The van der Waals surface area contributed by atoms with Gasteiger partial charge in [-0.25, -0.2) is 4.98 Å². The fourth-order valence-corrected chi connectivity index (χ4v) is 3.75. The third-order valence-corrected chi connectivity index (χ3v) is 5.21. The molecule has 2 aliphatic heterocycles. The molecule has 0 bridgehead atoms. The summed E-state index contributed by atoms with van der Waals surface area (Å²) >= 11 is 0. The van der Waals surface area contributed by atoms with Gasteiger partial charge in [0.05, 0.1) is 42.9 Å². The third-order valence-electron chi connectivity index (χ3n) is 5.21. The van der Waals surface area contributed by atoms with Gasteiger partial charge in [-0.05, 0) is 24.6 Å². The summed E-state index contributed by atoms with van der Waals surface area (Å²) in [5, 5.41) is 18.9. The number of fused-ring (bicyclic) bond motifs is 1. The highest BCUT2D eigenvalue weighted by Crippen LogP contribution is 2.27. The summed E-state index contributed by atoms with van der Waals surface area (Å²) in [6.45, 7) is 8.08. The van der Waals surface area contributed by atoms with E-state index in [0.717, 1.165) is 62.4 Å². The first-order valence-electron chi connectivity index (χ1n) is 9.26. The largest absolute Gasteiger partial charge is 0.510 e. The van der Waals surface area contributed by atoms with Crippen molar-refractivity contribution in [2.45, 2.75) is 13.3 Å². The second-order valence-corrected chi connectivity index (χ2v) is 7.16. The van der Waals surface area contributed by atoms with Gasteiger partial charge >= 0.3 is 0 Å². The molecule has 1 fully saturated rings. The molecule has 0 amide bonds. The van der Waals surface area contributed by atoms with Crippen molar-refractivity contribution in [2.75, 3.05) is 45.9 Å². The minimum Gasteiger partial charge on any atom is -0.510 e. The average Bonchev–Trinajstić information content (AvgIpc) is 3.15. The molecular weight excluding hydrogens is 330 g/mol. The van der Waals surface area contributed by atoms with Crippen LogP contribution in [-0.2, 0) is 4.74 Å². The average molecular weight is 356 g/mol. The Balaban J connectivity index is 1.42. The first-order chi connectivity index (χ1) is 12.6. The predicted octanol–water partition coefficient (Wildman–Crippen LogP) is 0.738. The Labute approximate surface area is 152 Å². The van der Waals surface area contributed by atoms with Gasteiger partial charge in [0.1, 0.15) is 30.5 Å². The van der Waals surface area contributed by atoms with Crippen molar-refractivity contribution >= 4 is 22.4 Å². The number of aryl methyl sites for hydroxylation is 1. The van der Waals surface area contributed by atoms with Crippen molar-refractivity contribution in [2.24, 2.45) is 0 Å². The van der Waals surface area contributed by atoms with Gasteiger partial charge in [-0.3, -0.25) is 5.41 Å². The van der Waals surface area contributed by atoms with Crippen molar-refractivity contribution in [1.82, 2.24) is 14.9 Å². The normalized spacial score (nSPS) is 19.1. The van der Waals surface area contributed by atoms with Crippen LogP contribution in [0.5, 0.6) is 0 Å². The maximum Gasteiger partial charge on any atom is 0.145 e. The summed E-state index contributed by atoms with van der Waals surface area (Å²) in [5.41, 5.74) is 3.47. The number of imidazole rings is 1. The van der Waals surface area contributed by atoms with Crippen LogP contribution in [0.25, 0.3) is 16.6 Å². The summed E-state index contributed by atoms with van der Waals surface area (Å²) in [5.74, 6) is 1.16. The van der Waals surface area contributed by atoms with Crippen LogP contribution in [0.2, 0.25) is 0 Å². The van der Waals surface area contributed by atoms with Crippen LogP contribution in [0.3, 0.4) is 0 Å². The molecule has 4 rings (SSSR count). The molecule has 4 N–H and O–H groups in total. The smallest absolute Gasteiger partial charge is 0.145 e. The summed E-state index contributed by atoms with van der Waals surface area (Å²) in [4.78, 5) is 11.3. The van der Waals surface area contributed by atoms with Crippen molar-refractivity contribution in [3.05, 3.63) is 35.3 Å². The molecule has 0 atom stereocenters. The highest BCUT2D eigenvalue weighted by molar-refractivity contribution is 6.23. The highest BCUT2D eigenvalue weighted by atomic mass is 16.5. The van der Waals surface area contributed by atoms with Crippen molar-refractivity contribution in [3.63, 3.8) is 0 Å². The Morgan fingerprint density at radius 3 is 2.96 bits per heavy atom. The van der Waals surface area contributed by atoms with Crippen LogP contribution >= 0.6 is 0 Å². The molecule has 7 nitrogen and oxygen atoms in total. The minimum atomic E-state index is 0.226. The van der Waals surface area contributed by atoms with Crippen LogP contribution in [-0.4, -0.2) is 71.7 Å². The van der Waals surface area contributed by atoms with E-state index in [-0.39, 0.29) is 5.76 Å². The fraction of sp³-hybridized carbons (Fsp3) is 0.474. The number of nitrogens with one attached hydrogen (secondary N) is 3. The molecule has 0 aliphatic carbocycles. The zero-order valence-corrected chi connectivity index (χ0v) is 15.1. The molecule has 138 valence electrons. The standard InChI is InChI=1S/C19H25N5O2/c1-13-3-4-14-15(11-13)22-19(21-14)17-16(25)12-24(18(17)20)6-2-5-23-7-9-26-10-8-23/h3-4,11,20,25H,2,5-10,12H2,1H3,(H,21,22)/p+1. The lowest BCUT2D eigenvalue weighted by Gasteiger charge is -2.25. The predicted molar refractivity (Wildman–Crippen MR) is 101 cm³/mol. The number of aromatic nitrogens is 2. The van der Waals surface area contributed by atoms with Crippen molar-refractivity contribution in [3.8, 4) is 0 Å². The second-order valence-electron chi connectivity index (χ2n) is 7.16. The number of amidine groups is 1. The molecule has 3 heterocycles. The number of aliphatic hydroxyl groups is 1. The van der Waals surface area contributed by atoms with E-state index >= 15 is 0 Å². The van der Waals surface area contributed by atoms with Gasteiger partial charge in [0.15, 0.2) is 0 Å². The first-order valence-corrected chi connectivity index (χ1v) is 9.26. The van der Waals surface area contributed by atoms with Crippen LogP contribution in [0, 0.1) is 12.3 Å². The van der Waals surface area contributed by atoms with E-state index in [4.69, 9.17) is 10.1 Å². The van der Waals surface area contributed by atoms with E-state index in [2.05, 4.69) is 9.97 Å². The van der Waals surface area contributed by atoms with E-state index in [1.54, 1.807) is 4.90 Å². The number of aromatic amines is 1. The zero-order chi connectivity index (χ0) is 18.1. The monoisotopic (exact) mass is 356 g/mol. The lowest BCUT2D eigenvalue weighted by Crippen LogP contribution is -3.14. The number of hydrogen-bond donors (Lipinski definition) is 4. The number of H-pyrrole nitrogens is 1. The number of hydrogen-bond acceptors (Lipinski definition) is 4. The zero-order valence-electron chi connectivity index (χ0n) is 15.1. The summed E-state index contributed by atoms with van der Waals surface area (Å²) < 4.78 is 5.39. The van der Waals surface area contributed by atoms with Crippen LogP contribution in [0.1, 0.15) is 17.8 Å². The summed E-state index contributed by atoms with van der Waals surface area (Å²) in [6.07, 6.45) is 0.998. The van der Waals surface area contributed by atoms with E-state index in [1.807, 2.05) is 30.0 Å². The van der Waals surface area contributed by atoms with Gasteiger partial charge in [0, 0.05) is 13.0 Å². The molecule has 0 spiro atoms. The Morgan fingerprint density at radius 2 is 2.15 bits per heavy atom. The maximum absolute atomic E-state index is 10.4. The molecule has 2 aromatic rings. The summed E-state index contributed by atoms with van der Waals surface area (Å²) in [6, 6.07) is 6.01. The van der Waals surface area contributed by atoms with Crippen LogP contribution < -0.4 is 4.90 Å². The van der Waals surface area contributed by atoms with Gasteiger partial charge in [0.25, 0.3) is 0 Å². The molecule has 1 aromatic carbocycles. The van der Waals surface area contributed by atoms with E-state index in [1.165, 1.54) is 0 Å². The van der Waals surface area contributed by atoms with Crippen LogP contribution in [0.15, 0.2) is 24.0 Å². The van der Waals surface area contributed by atoms with Gasteiger partial charge < -0.3 is 24.6 Å². The number of rotatable bonds is 5. The molecule has 1 saturated heterocycles. The maximum atomic E-state index is 10.4. The van der Waals surface area contributed by atoms with Gasteiger partial charge in [-0.2, -0.15) is 0 Å². The number of quaternary nitrogens is 1. The molecule has 0 saturated carbocycles. The number of aliphatic hydroxyl groups excluding tert-OH is 1. The molecule has 26 heavy (non-hydrogen) atoms. The van der Waals surface area contributed by atoms with E-state index in [0.29, 0.717) is 23.8 Å². The fourth-order valence-electron chi connectivity index (χ4n) is 3.75. The Bertz CT molecular complexity index is 851. The number of ether oxygens (including phenoxy) is 1. The van der Waals surface area contributed by atoms with E-state index < -0.39 is 0 Å². The van der Waals surface area contributed by atoms with E-state index in [9.17, 15) is 5.11 Å². The second kappa shape index (κ2) is 7.09. The topological polar surface area (TPSA) is 89.7 Å². The highest BCUT2D eigenvalue weighted by Gasteiger charge is 2.30. The minimum absolute atomic E-state index is 0.226. The Kier molecular flexibility index (Phi) is 4.65. The van der Waals surface area contributed by atoms with Crippen molar-refractivity contribution < 1.29 is 14.7 Å². The number of benzene rings is 1. The summed E-state index contributed by atoms with van der Waals surface area (Å²) in [7, 11) is 0. The van der Waals surface area contributed by atoms with Gasteiger partial charge in [0.2, 0.25) is 0 Å². The number of morpholine rings is 1. The quantitative estimate of drug-likeness (QED) is 0.636. The SMILES string of the molecule is Cc1ccc2nc(C3=C(O)CN(CCC[NH+]4CCOCC4)C3=N)[nH]c2c1. The number of nitrogens with zero attached hydrogens (tertiary/aromatic N) is 2. The Morgan fingerprint density at radius 1 is 1.35 bits per heavy atom. The first kappa shape index (κ1) is 17.1. The lowest BCUT2D eigenvalue weighted by molar-refractivity contribution is -0.908. The van der Waals surface area contributed by atoms with Gasteiger partial charge in [-0.15, -0.1) is 0 Å². The lowest BCUT2D eigenvalue weighted by atomic mass is 10.2. The molecule has 1 aromatic heterocycles. The molecule has 0 unspecified atom stereocenters. The van der Waals surface area contributed by atoms with Crippen molar-refractivity contribution in [1.29, 1.82) is 5.41 Å². The molecule has 0 radical (unpaired) electrons. The Hall–Kier alpha value is -2.38. The molecule has 7 heteroatoms. The molecule has 2 aliphatic rings. The van der Waals surface area contributed by atoms with Gasteiger partial charge in [-0.1, -0.05) is 6.07 Å². The molecular formula is C19H26N5O2+.